The smallest absolute Gasteiger partial charge is 0.267 e. The number of carbonyl (C=O) groups excluding carboxylic acids is 1. The Morgan fingerprint density at radius 3 is 2.77 bits per heavy atom. The Bertz CT molecular complexity index is 825. The topological polar surface area (TPSA) is 47.8 Å². The number of hydrogen-bond acceptors (Lipinski definition) is 3. The standard InChI is InChI=1S/C16H15Cl2N3O/c1-7-12-10(6-9-13(12)16(9,2)3)21(20-7)15(22)8-4-5-11(17)19-14(8)18/h4-5,9,13H,6H2,1-3H3. The highest BCUT2D eigenvalue weighted by Gasteiger charge is 2.64. The summed E-state index contributed by atoms with van der Waals surface area (Å²) in [4.78, 5) is 16.7. The van der Waals surface area contributed by atoms with Crippen molar-refractivity contribution in [1.82, 2.24) is 14.8 Å². The molecule has 1 fully saturated rings. The highest BCUT2D eigenvalue weighted by Crippen LogP contribution is 2.70. The van der Waals surface area contributed by atoms with Crippen LogP contribution in [0.2, 0.25) is 10.3 Å². The lowest BCUT2D eigenvalue weighted by atomic mass is 9.98. The Kier molecular flexibility index (Phi) is 2.80. The first-order chi connectivity index (χ1) is 10.3. The first kappa shape index (κ1) is 14.2. The molecule has 2 atom stereocenters. The molecule has 2 unspecified atom stereocenters. The van der Waals surface area contributed by atoms with E-state index in [1.807, 2.05) is 6.92 Å². The van der Waals surface area contributed by atoms with Crippen molar-refractivity contribution in [2.45, 2.75) is 33.1 Å². The molecular weight excluding hydrogens is 321 g/mol. The molecule has 0 aromatic carbocycles. The molecule has 2 heterocycles. The molecule has 0 spiro atoms. The van der Waals surface area contributed by atoms with E-state index in [0.717, 1.165) is 17.8 Å². The van der Waals surface area contributed by atoms with Gasteiger partial charge in [0.2, 0.25) is 0 Å². The van der Waals surface area contributed by atoms with Crippen molar-refractivity contribution in [2.24, 2.45) is 11.3 Å². The van der Waals surface area contributed by atoms with Gasteiger partial charge in [-0.25, -0.2) is 9.67 Å². The maximum Gasteiger partial charge on any atom is 0.281 e. The molecule has 0 bridgehead atoms. The van der Waals surface area contributed by atoms with Gasteiger partial charge in [-0.1, -0.05) is 37.0 Å². The van der Waals surface area contributed by atoms with Crippen LogP contribution < -0.4 is 0 Å². The van der Waals surface area contributed by atoms with E-state index in [9.17, 15) is 4.79 Å². The van der Waals surface area contributed by atoms with Gasteiger partial charge in [0.05, 0.1) is 17.0 Å². The molecule has 0 amide bonds. The third-order valence-corrected chi connectivity index (χ3v) is 5.72. The molecule has 6 heteroatoms. The number of aromatic nitrogens is 3. The maximum atomic E-state index is 12.8. The average Bonchev–Trinajstić information content (AvgIpc) is 2.81. The van der Waals surface area contributed by atoms with Gasteiger partial charge >= 0.3 is 0 Å². The summed E-state index contributed by atoms with van der Waals surface area (Å²) in [6.07, 6.45) is 0.901. The molecule has 0 N–H and O–H groups in total. The zero-order valence-electron chi connectivity index (χ0n) is 12.5. The van der Waals surface area contributed by atoms with Crippen molar-refractivity contribution < 1.29 is 4.79 Å². The van der Waals surface area contributed by atoms with Gasteiger partial charge in [-0.15, -0.1) is 0 Å². The van der Waals surface area contributed by atoms with Gasteiger partial charge in [0.25, 0.3) is 5.91 Å². The first-order valence-electron chi connectivity index (χ1n) is 7.27. The Labute approximate surface area is 138 Å². The Balaban J connectivity index is 1.78. The highest BCUT2D eigenvalue weighted by atomic mass is 35.5. The molecule has 1 saturated carbocycles. The Hall–Kier alpha value is -1.39. The lowest BCUT2D eigenvalue weighted by molar-refractivity contribution is 0.0940. The van der Waals surface area contributed by atoms with Gasteiger partial charge in [-0.2, -0.15) is 5.10 Å². The van der Waals surface area contributed by atoms with Crippen LogP contribution in [0.5, 0.6) is 0 Å². The predicted molar refractivity (Wildman–Crippen MR) is 84.7 cm³/mol. The normalized spacial score (nSPS) is 24.0. The fourth-order valence-electron chi connectivity index (χ4n) is 3.95. The fourth-order valence-corrected chi connectivity index (χ4v) is 4.37. The summed E-state index contributed by atoms with van der Waals surface area (Å²) in [7, 11) is 0. The molecule has 0 aliphatic heterocycles. The number of aryl methyl sites for hydroxylation is 1. The van der Waals surface area contributed by atoms with E-state index in [4.69, 9.17) is 23.2 Å². The molecule has 2 aromatic heterocycles. The zero-order valence-corrected chi connectivity index (χ0v) is 14.0. The summed E-state index contributed by atoms with van der Waals surface area (Å²) < 4.78 is 1.50. The van der Waals surface area contributed by atoms with Crippen LogP contribution in [0.25, 0.3) is 0 Å². The van der Waals surface area contributed by atoms with Crippen molar-refractivity contribution >= 4 is 29.1 Å². The second-order valence-corrected chi connectivity index (χ2v) is 7.49. The molecule has 0 radical (unpaired) electrons. The second kappa shape index (κ2) is 4.33. The molecule has 2 aromatic rings. The van der Waals surface area contributed by atoms with Crippen LogP contribution in [0, 0.1) is 18.3 Å². The third kappa shape index (κ3) is 1.74. The average molecular weight is 336 g/mol. The van der Waals surface area contributed by atoms with E-state index in [1.165, 1.54) is 10.2 Å². The van der Waals surface area contributed by atoms with Crippen LogP contribution in [-0.4, -0.2) is 20.7 Å². The van der Waals surface area contributed by atoms with E-state index in [2.05, 4.69) is 23.9 Å². The molecule has 2 aliphatic rings. The van der Waals surface area contributed by atoms with Crippen molar-refractivity contribution in [3.05, 3.63) is 45.0 Å². The molecule has 0 saturated heterocycles. The zero-order chi connectivity index (χ0) is 15.8. The summed E-state index contributed by atoms with van der Waals surface area (Å²) in [6, 6.07) is 3.17. The monoisotopic (exact) mass is 335 g/mol. The number of rotatable bonds is 1. The van der Waals surface area contributed by atoms with Crippen molar-refractivity contribution in [3.63, 3.8) is 0 Å². The fraction of sp³-hybridized carbons (Fsp3) is 0.438. The second-order valence-electron chi connectivity index (χ2n) is 6.74. The molecule has 22 heavy (non-hydrogen) atoms. The quantitative estimate of drug-likeness (QED) is 0.743. The first-order valence-corrected chi connectivity index (χ1v) is 8.03. The van der Waals surface area contributed by atoms with Gasteiger partial charge in [-0.05, 0) is 42.7 Å². The lowest BCUT2D eigenvalue weighted by Crippen LogP contribution is -2.18. The Morgan fingerprint density at radius 1 is 1.36 bits per heavy atom. The minimum atomic E-state index is -0.238. The molecular formula is C16H15Cl2N3O. The molecule has 2 aliphatic carbocycles. The number of hydrogen-bond donors (Lipinski definition) is 0. The largest absolute Gasteiger partial charge is 0.281 e. The van der Waals surface area contributed by atoms with Gasteiger partial charge in [0, 0.05) is 5.56 Å². The van der Waals surface area contributed by atoms with Crippen molar-refractivity contribution in [2.75, 3.05) is 0 Å². The van der Waals surface area contributed by atoms with Crippen LogP contribution in [-0.2, 0) is 6.42 Å². The minimum absolute atomic E-state index is 0.114. The summed E-state index contributed by atoms with van der Waals surface area (Å²) in [5.74, 6) is 0.914. The van der Waals surface area contributed by atoms with E-state index < -0.39 is 0 Å². The molecule has 114 valence electrons. The van der Waals surface area contributed by atoms with Crippen LogP contribution in [0.3, 0.4) is 0 Å². The number of pyridine rings is 1. The number of fused-ring (bicyclic) bond motifs is 3. The van der Waals surface area contributed by atoms with E-state index in [-0.39, 0.29) is 16.2 Å². The van der Waals surface area contributed by atoms with Crippen molar-refractivity contribution in [3.8, 4) is 0 Å². The molecule has 4 rings (SSSR count). The third-order valence-electron chi connectivity index (χ3n) is 5.22. The van der Waals surface area contributed by atoms with Crippen LogP contribution in [0.1, 0.15) is 47.1 Å². The number of nitrogens with zero attached hydrogens (tertiary/aromatic N) is 3. The van der Waals surface area contributed by atoms with Gasteiger partial charge in [0.1, 0.15) is 10.3 Å². The summed E-state index contributed by atoms with van der Waals surface area (Å²) in [5, 5.41) is 4.85. The van der Waals surface area contributed by atoms with Crippen LogP contribution >= 0.6 is 23.2 Å². The lowest BCUT2D eigenvalue weighted by Gasteiger charge is -2.10. The highest BCUT2D eigenvalue weighted by molar-refractivity contribution is 6.34. The summed E-state index contributed by atoms with van der Waals surface area (Å²) in [6.45, 7) is 6.54. The van der Waals surface area contributed by atoms with Crippen molar-refractivity contribution in [1.29, 1.82) is 0 Å². The van der Waals surface area contributed by atoms with Gasteiger partial charge in [-0.3, -0.25) is 4.79 Å². The van der Waals surface area contributed by atoms with Crippen LogP contribution in [0.15, 0.2) is 12.1 Å². The minimum Gasteiger partial charge on any atom is -0.267 e. The van der Waals surface area contributed by atoms with Gasteiger partial charge < -0.3 is 0 Å². The maximum absolute atomic E-state index is 12.8. The Morgan fingerprint density at radius 2 is 2.09 bits per heavy atom. The van der Waals surface area contributed by atoms with E-state index in [1.54, 1.807) is 12.1 Å². The van der Waals surface area contributed by atoms with Gasteiger partial charge in [0.15, 0.2) is 0 Å². The number of carbonyl (C=O) groups is 1. The number of halogens is 2. The predicted octanol–water partition coefficient (Wildman–Crippen LogP) is 3.88. The summed E-state index contributed by atoms with van der Waals surface area (Å²) >= 11 is 11.8. The van der Waals surface area contributed by atoms with E-state index in [0.29, 0.717) is 22.8 Å². The summed E-state index contributed by atoms with van der Waals surface area (Å²) in [5.41, 5.74) is 3.88. The SMILES string of the molecule is Cc1nn(C(=O)c2ccc(Cl)nc2Cl)c2c1C1C(C2)C1(C)C. The molecule has 4 nitrogen and oxygen atoms in total. The van der Waals surface area contributed by atoms with Crippen LogP contribution in [0.4, 0.5) is 0 Å². The van der Waals surface area contributed by atoms with E-state index >= 15 is 0 Å².